The van der Waals surface area contributed by atoms with Gasteiger partial charge >= 0.3 is 6.18 Å². The first-order valence-corrected chi connectivity index (χ1v) is 6.46. The third-order valence-electron chi connectivity index (χ3n) is 1.97. The maximum absolute atomic E-state index is 12.8. The van der Waals surface area contributed by atoms with Gasteiger partial charge in [-0.05, 0) is 34.7 Å². The molecule has 1 aromatic carbocycles. The van der Waals surface area contributed by atoms with Gasteiger partial charge in [0.15, 0.2) is 12.1 Å². The van der Waals surface area contributed by atoms with Gasteiger partial charge in [-0.2, -0.15) is 13.2 Å². The number of ketones is 1. The van der Waals surface area contributed by atoms with Crippen molar-refractivity contribution in [1.29, 1.82) is 0 Å². The second kappa shape index (κ2) is 5.47. The lowest BCUT2D eigenvalue weighted by Crippen LogP contribution is -2.17. The van der Waals surface area contributed by atoms with Crippen LogP contribution in [-0.2, 0) is 6.18 Å². The average Bonchev–Trinajstić information content (AvgIpc) is 2.24. The first kappa shape index (κ1) is 14.6. The van der Waals surface area contributed by atoms with E-state index in [2.05, 4.69) is 15.9 Å². The number of alkyl halides is 4. The molecule has 0 saturated carbocycles. The highest BCUT2D eigenvalue weighted by molar-refractivity contribution is 14.1. The highest BCUT2D eigenvalue weighted by atomic mass is 127. The maximum Gasteiger partial charge on any atom is 0.417 e. The molecule has 1 rings (SSSR count). The van der Waals surface area contributed by atoms with Gasteiger partial charge in [0, 0.05) is 14.7 Å². The number of Topliss-reactive ketones (excluding diaryl/α,β-unsaturated/α-hetero) is 1. The van der Waals surface area contributed by atoms with E-state index >= 15 is 0 Å². The third kappa shape index (κ3) is 3.27. The summed E-state index contributed by atoms with van der Waals surface area (Å²) in [5.41, 5.74) is -2.17. The summed E-state index contributed by atoms with van der Waals surface area (Å²) in [4.78, 5) is 22.1. The van der Waals surface area contributed by atoms with Crippen LogP contribution in [0, 0.1) is 3.57 Å². The lowest BCUT2D eigenvalue weighted by Gasteiger charge is -2.14. The summed E-state index contributed by atoms with van der Waals surface area (Å²) in [5.74, 6) is -0.709. The molecule has 0 bridgehead atoms. The van der Waals surface area contributed by atoms with Crippen LogP contribution < -0.4 is 0 Å². The summed E-state index contributed by atoms with van der Waals surface area (Å²) >= 11 is 4.57. The van der Waals surface area contributed by atoms with Crippen molar-refractivity contribution < 1.29 is 22.8 Å². The van der Waals surface area contributed by atoms with Gasteiger partial charge in [-0.25, -0.2) is 0 Å². The molecule has 7 heteroatoms. The fourth-order valence-electron chi connectivity index (χ4n) is 1.33. The van der Waals surface area contributed by atoms with E-state index in [0.717, 1.165) is 12.1 Å². The van der Waals surface area contributed by atoms with Gasteiger partial charge in [-0.15, -0.1) is 0 Å². The number of hydrogen-bond donors (Lipinski definition) is 0. The fourth-order valence-corrected chi connectivity index (χ4v) is 2.28. The monoisotopic (exact) mass is 420 g/mol. The number of carbonyl (C=O) groups is 2. The van der Waals surface area contributed by atoms with Crippen molar-refractivity contribution in [2.45, 2.75) is 6.18 Å². The Bertz CT molecular complexity index is 471. The van der Waals surface area contributed by atoms with Crippen LogP contribution in [-0.4, -0.2) is 17.4 Å². The van der Waals surface area contributed by atoms with Crippen molar-refractivity contribution in [3.8, 4) is 0 Å². The Kier molecular flexibility index (Phi) is 4.70. The number of rotatable bonds is 3. The minimum absolute atomic E-state index is 0.107. The normalized spacial score (nSPS) is 11.4. The smallest absolute Gasteiger partial charge is 0.298 e. The molecule has 0 saturated heterocycles. The molecule has 0 aliphatic rings. The van der Waals surface area contributed by atoms with Crippen LogP contribution in [0.4, 0.5) is 13.2 Å². The Hall–Kier alpha value is -0.440. The molecular formula is C10H5BrF3IO2. The van der Waals surface area contributed by atoms with E-state index in [1.54, 1.807) is 22.6 Å². The Morgan fingerprint density at radius 3 is 2.41 bits per heavy atom. The molecule has 0 amide bonds. The molecule has 0 radical (unpaired) electrons. The van der Waals surface area contributed by atoms with Crippen LogP contribution in [0.5, 0.6) is 0 Å². The molecule has 2 nitrogen and oxygen atoms in total. The minimum atomic E-state index is -4.73. The standard InChI is InChI=1S/C10H5BrF3IO2/c11-3-8(17)7-2-6(15)1-5(4-16)9(7)10(12,13)14/h1-2,4H,3H2. The molecule has 0 aliphatic heterocycles. The summed E-state index contributed by atoms with van der Waals surface area (Å²) in [6.07, 6.45) is -4.62. The van der Waals surface area contributed by atoms with E-state index < -0.39 is 28.6 Å². The topological polar surface area (TPSA) is 34.1 Å². The Labute approximate surface area is 117 Å². The van der Waals surface area contributed by atoms with E-state index in [1.165, 1.54) is 0 Å². The van der Waals surface area contributed by atoms with Crippen LogP contribution in [0.25, 0.3) is 0 Å². The largest absolute Gasteiger partial charge is 0.417 e. The third-order valence-corrected chi connectivity index (χ3v) is 3.10. The second-order valence-electron chi connectivity index (χ2n) is 3.09. The molecule has 0 spiro atoms. The molecule has 0 aromatic heterocycles. The van der Waals surface area contributed by atoms with Gasteiger partial charge < -0.3 is 0 Å². The zero-order valence-corrected chi connectivity index (χ0v) is 11.9. The second-order valence-corrected chi connectivity index (χ2v) is 4.90. The average molecular weight is 421 g/mol. The lowest BCUT2D eigenvalue weighted by atomic mass is 9.99. The summed E-state index contributed by atoms with van der Waals surface area (Å²) in [6.45, 7) is 0. The van der Waals surface area contributed by atoms with Gasteiger partial charge in [0.2, 0.25) is 0 Å². The molecule has 0 fully saturated rings. The first-order valence-electron chi connectivity index (χ1n) is 4.26. The number of benzene rings is 1. The SMILES string of the molecule is O=Cc1cc(I)cc(C(=O)CBr)c1C(F)(F)F. The van der Waals surface area contributed by atoms with Crippen molar-refractivity contribution in [2.24, 2.45) is 0 Å². The van der Waals surface area contributed by atoms with Gasteiger partial charge in [0.05, 0.1) is 10.9 Å². The van der Waals surface area contributed by atoms with Crippen LogP contribution in [0.2, 0.25) is 0 Å². The quantitative estimate of drug-likeness (QED) is 0.323. The van der Waals surface area contributed by atoms with Gasteiger partial charge in [-0.3, -0.25) is 9.59 Å². The molecular weight excluding hydrogens is 416 g/mol. The maximum atomic E-state index is 12.8. The Balaban J connectivity index is 3.61. The summed E-state index contributed by atoms with van der Waals surface area (Å²) in [5, 5.41) is -0.228. The highest BCUT2D eigenvalue weighted by Crippen LogP contribution is 2.35. The van der Waals surface area contributed by atoms with Crippen molar-refractivity contribution in [1.82, 2.24) is 0 Å². The van der Waals surface area contributed by atoms with Crippen molar-refractivity contribution in [3.63, 3.8) is 0 Å². The number of halogens is 5. The van der Waals surface area contributed by atoms with Crippen molar-refractivity contribution in [2.75, 3.05) is 5.33 Å². The van der Waals surface area contributed by atoms with E-state index in [-0.39, 0.29) is 11.6 Å². The van der Waals surface area contributed by atoms with Crippen LogP contribution in [0.3, 0.4) is 0 Å². The minimum Gasteiger partial charge on any atom is -0.298 e. The predicted octanol–water partition coefficient (Wildman–Crippen LogP) is 3.70. The van der Waals surface area contributed by atoms with E-state index in [4.69, 9.17) is 0 Å². The van der Waals surface area contributed by atoms with Gasteiger partial charge in [0.1, 0.15) is 0 Å². The number of hydrogen-bond acceptors (Lipinski definition) is 2. The number of carbonyl (C=O) groups excluding carboxylic acids is 2. The molecule has 0 N–H and O–H groups in total. The summed E-state index contributed by atoms with van der Waals surface area (Å²) < 4.78 is 38.8. The summed E-state index contributed by atoms with van der Waals surface area (Å²) in [7, 11) is 0. The van der Waals surface area contributed by atoms with Crippen LogP contribution >= 0.6 is 38.5 Å². The molecule has 0 unspecified atom stereocenters. The molecule has 1 aromatic rings. The van der Waals surface area contributed by atoms with E-state index in [1.807, 2.05) is 0 Å². The zero-order chi connectivity index (χ0) is 13.2. The van der Waals surface area contributed by atoms with E-state index in [0.29, 0.717) is 3.57 Å². The first-order chi connectivity index (χ1) is 7.81. The zero-order valence-electron chi connectivity index (χ0n) is 8.15. The van der Waals surface area contributed by atoms with Gasteiger partial charge in [-0.1, -0.05) is 15.9 Å². The lowest BCUT2D eigenvalue weighted by molar-refractivity contribution is -0.138. The molecule has 0 heterocycles. The predicted molar refractivity (Wildman–Crippen MR) is 67.7 cm³/mol. The van der Waals surface area contributed by atoms with Crippen molar-refractivity contribution >= 4 is 50.6 Å². The Morgan fingerprint density at radius 1 is 1.41 bits per heavy atom. The highest BCUT2D eigenvalue weighted by Gasteiger charge is 2.37. The molecule has 0 atom stereocenters. The van der Waals surface area contributed by atoms with E-state index in [9.17, 15) is 22.8 Å². The Morgan fingerprint density at radius 2 is 2.00 bits per heavy atom. The van der Waals surface area contributed by atoms with Crippen LogP contribution in [0.1, 0.15) is 26.3 Å². The molecule has 0 aliphatic carbocycles. The van der Waals surface area contributed by atoms with Gasteiger partial charge in [0.25, 0.3) is 0 Å². The number of aldehydes is 1. The molecule has 92 valence electrons. The van der Waals surface area contributed by atoms with Crippen LogP contribution in [0.15, 0.2) is 12.1 Å². The fraction of sp³-hybridized carbons (Fsp3) is 0.200. The molecule has 17 heavy (non-hydrogen) atoms. The summed E-state index contributed by atoms with van der Waals surface area (Å²) in [6, 6.07) is 2.22. The van der Waals surface area contributed by atoms with Crippen molar-refractivity contribution in [3.05, 3.63) is 32.4 Å².